The first-order chi connectivity index (χ1) is 10.3. The van der Waals surface area contributed by atoms with Crippen molar-refractivity contribution >= 4 is 45.4 Å². The molecule has 2 aromatic heterocycles. The highest BCUT2D eigenvalue weighted by molar-refractivity contribution is 14.1. The van der Waals surface area contributed by atoms with E-state index in [2.05, 4.69) is 48.8 Å². The van der Waals surface area contributed by atoms with E-state index in [-0.39, 0.29) is 12.1 Å². The molecule has 0 unspecified atom stereocenters. The number of anilines is 1. The van der Waals surface area contributed by atoms with Crippen molar-refractivity contribution in [3.8, 4) is 0 Å². The Morgan fingerprint density at radius 3 is 2.91 bits per heavy atom. The second-order valence-corrected chi connectivity index (χ2v) is 7.64. The summed E-state index contributed by atoms with van der Waals surface area (Å²) >= 11 is 2.29. The Bertz CT molecular complexity index is 701. The molecule has 1 fully saturated rings. The average Bonchev–Trinajstić information content (AvgIpc) is 2.73. The molecule has 0 atom stereocenters. The maximum Gasteiger partial charge on any atom is 0.407 e. The van der Waals surface area contributed by atoms with E-state index in [9.17, 15) is 4.79 Å². The third kappa shape index (κ3) is 3.29. The number of carbonyl (C=O) groups is 1. The molecule has 3 heterocycles. The lowest BCUT2D eigenvalue weighted by atomic mass is 10.1. The van der Waals surface area contributed by atoms with E-state index < -0.39 is 5.60 Å². The van der Waals surface area contributed by atoms with E-state index in [1.807, 2.05) is 33.2 Å². The number of fused-ring (bicyclic) bond motifs is 1. The molecule has 2 N–H and O–H groups in total. The summed E-state index contributed by atoms with van der Waals surface area (Å²) in [6.45, 7) is 7.12. The first-order valence-corrected chi connectivity index (χ1v) is 8.27. The molecule has 1 saturated heterocycles. The number of ether oxygens (including phenoxy) is 1. The van der Waals surface area contributed by atoms with Crippen LogP contribution in [0.5, 0.6) is 0 Å². The van der Waals surface area contributed by atoms with E-state index in [1.165, 1.54) is 0 Å². The van der Waals surface area contributed by atoms with Gasteiger partial charge in [-0.15, -0.1) is 0 Å². The van der Waals surface area contributed by atoms with E-state index in [0.29, 0.717) is 0 Å². The molecule has 1 aliphatic rings. The zero-order valence-electron chi connectivity index (χ0n) is 12.8. The number of amides is 1. The molecule has 6 nitrogen and oxygen atoms in total. The number of pyridine rings is 1. The summed E-state index contributed by atoms with van der Waals surface area (Å²) in [5, 5.41) is 4.01. The quantitative estimate of drug-likeness (QED) is 0.742. The Balaban J connectivity index is 1.58. The van der Waals surface area contributed by atoms with Crippen LogP contribution in [0.25, 0.3) is 11.0 Å². The van der Waals surface area contributed by atoms with Gasteiger partial charge < -0.3 is 19.9 Å². The Morgan fingerprint density at radius 2 is 2.23 bits per heavy atom. The molecule has 0 saturated carbocycles. The van der Waals surface area contributed by atoms with Crippen LogP contribution in [0.15, 0.2) is 18.5 Å². The Kier molecular flexibility index (Phi) is 3.92. The first-order valence-electron chi connectivity index (χ1n) is 7.19. The molecule has 22 heavy (non-hydrogen) atoms. The Labute approximate surface area is 142 Å². The van der Waals surface area contributed by atoms with Gasteiger partial charge in [0.05, 0.1) is 17.9 Å². The van der Waals surface area contributed by atoms with Crippen molar-refractivity contribution in [1.29, 1.82) is 0 Å². The number of nitrogens with one attached hydrogen (secondary N) is 2. The minimum atomic E-state index is -0.465. The van der Waals surface area contributed by atoms with Crippen LogP contribution >= 0.6 is 22.6 Å². The van der Waals surface area contributed by atoms with Crippen molar-refractivity contribution in [2.45, 2.75) is 32.4 Å². The van der Waals surface area contributed by atoms with Gasteiger partial charge in [-0.05, 0) is 49.4 Å². The molecular weight excluding hydrogens is 395 g/mol. The number of aromatic nitrogens is 2. The lowest BCUT2D eigenvalue weighted by molar-refractivity contribution is 0.0496. The zero-order valence-corrected chi connectivity index (χ0v) is 15.0. The van der Waals surface area contributed by atoms with E-state index >= 15 is 0 Å². The van der Waals surface area contributed by atoms with Crippen molar-refractivity contribution in [2.75, 3.05) is 18.0 Å². The fourth-order valence-corrected chi connectivity index (χ4v) is 2.95. The van der Waals surface area contributed by atoms with Gasteiger partial charge in [0, 0.05) is 28.2 Å². The molecular formula is C15H19IN4O2. The summed E-state index contributed by atoms with van der Waals surface area (Å²) in [5.41, 5.74) is 1.51. The lowest BCUT2D eigenvalue weighted by Gasteiger charge is -2.41. The van der Waals surface area contributed by atoms with Crippen LogP contribution in [-0.4, -0.2) is 40.8 Å². The number of aromatic amines is 1. The van der Waals surface area contributed by atoms with Crippen LogP contribution in [0.1, 0.15) is 20.8 Å². The monoisotopic (exact) mass is 414 g/mol. The number of H-pyrrole nitrogens is 1. The molecule has 1 aliphatic heterocycles. The van der Waals surface area contributed by atoms with Gasteiger partial charge in [-0.3, -0.25) is 0 Å². The SMILES string of the molecule is CC(C)(C)OC(=O)NC1CN(c2cnc3[nH]cc(I)c3c2)C1. The van der Waals surface area contributed by atoms with Crippen LogP contribution in [0.2, 0.25) is 0 Å². The maximum atomic E-state index is 11.7. The summed E-state index contributed by atoms with van der Waals surface area (Å²) in [5.74, 6) is 0. The van der Waals surface area contributed by atoms with Crippen molar-refractivity contribution in [2.24, 2.45) is 0 Å². The predicted molar refractivity (Wildman–Crippen MR) is 94.2 cm³/mol. The zero-order chi connectivity index (χ0) is 15.9. The average molecular weight is 414 g/mol. The van der Waals surface area contributed by atoms with E-state index in [1.54, 1.807) is 0 Å². The van der Waals surface area contributed by atoms with Crippen molar-refractivity contribution in [3.05, 3.63) is 22.0 Å². The summed E-state index contributed by atoms with van der Waals surface area (Å²) in [6.07, 6.45) is 3.45. The normalized spacial score (nSPS) is 15.7. The summed E-state index contributed by atoms with van der Waals surface area (Å²) in [4.78, 5) is 21.5. The summed E-state index contributed by atoms with van der Waals surface area (Å²) in [6, 6.07) is 2.25. The van der Waals surface area contributed by atoms with Gasteiger partial charge in [0.25, 0.3) is 0 Å². The largest absolute Gasteiger partial charge is 0.444 e. The number of halogens is 1. The first kappa shape index (κ1) is 15.4. The topological polar surface area (TPSA) is 70.2 Å². The number of hydrogen-bond donors (Lipinski definition) is 2. The maximum absolute atomic E-state index is 11.7. The van der Waals surface area contributed by atoms with Crippen molar-refractivity contribution in [1.82, 2.24) is 15.3 Å². The Morgan fingerprint density at radius 1 is 1.50 bits per heavy atom. The highest BCUT2D eigenvalue weighted by Gasteiger charge is 2.30. The van der Waals surface area contributed by atoms with Crippen LogP contribution in [0.3, 0.4) is 0 Å². The van der Waals surface area contributed by atoms with Crippen LogP contribution in [0, 0.1) is 3.57 Å². The van der Waals surface area contributed by atoms with Gasteiger partial charge in [0.15, 0.2) is 0 Å². The molecule has 0 aliphatic carbocycles. The second-order valence-electron chi connectivity index (χ2n) is 6.47. The van der Waals surface area contributed by atoms with Crippen LogP contribution < -0.4 is 10.2 Å². The highest BCUT2D eigenvalue weighted by Crippen LogP contribution is 2.26. The molecule has 2 aromatic rings. The standard InChI is InChI=1S/C15H19IN4O2/c1-15(2,3)22-14(21)19-9-7-20(8-9)10-4-11-12(16)6-18-13(11)17-5-10/h4-6,9H,7-8H2,1-3H3,(H,17,18)(H,19,21). The fourth-order valence-electron chi connectivity index (χ4n) is 2.39. The van der Waals surface area contributed by atoms with E-state index in [4.69, 9.17) is 4.74 Å². The number of alkyl carbamates (subject to hydrolysis) is 1. The minimum Gasteiger partial charge on any atom is -0.444 e. The van der Waals surface area contributed by atoms with Gasteiger partial charge in [-0.2, -0.15) is 0 Å². The molecule has 3 rings (SSSR count). The molecule has 0 bridgehead atoms. The number of carbonyl (C=O) groups excluding carboxylic acids is 1. The molecule has 0 radical (unpaired) electrons. The van der Waals surface area contributed by atoms with Crippen molar-refractivity contribution in [3.63, 3.8) is 0 Å². The fraction of sp³-hybridized carbons (Fsp3) is 0.467. The second kappa shape index (κ2) is 5.60. The van der Waals surface area contributed by atoms with Gasteiger partial charge in [0.1, 0.15) is 11.2 Å². The minimum absolute atomic E-state index is 0.121. The number of hydrogen-bond acceptors (Lipinski definition) is 4. The van der Waals surface area contributed by atoms with Crippen LogP contribution in [0.4, 0.5) is 10.5 Å². The van der Waals surface area contributed by atoms with Crippen molar-refractivity contribution < 1.29 is 9.53 Å². The third-order valence-corrected chi connectivity index (χ3v) is 4.33. The molecule has 7 heteroatoms. The summed E-state index contributed by atoms with van der Waals surface area (Å²) < 4.78 is 6.42. The van der Waals surface area contributed by atoms with E-state index in [0.717, 1.165) is 33.4 Å². The smallest absolute Gasteiger partial charge is 0.407 e. The Hall–Kier alpha value is -1.51. The molecule has 1 amide bonds. The highest BCUT2D eigenvalue weighted by atomic mass is 127. The number of nitrogens with zero attached hydrogens (tertiary/aromatic N) is 2. The lowest BCUT2D eigenvalue weighted by Crippen LogP contribution is -2.60. The summed E-state index contributed by atoms with van der Waals surface area (Å²) in [7, 11) is 0. The molecule has 0 aromatic carbocycles. The van der Waals surface area contributed by atoms with Gasteiger partial charge >= 0.3 is 6.09 Å². The third-order valence-electron chi connectivity index (χ3n) is 3.43. The number of rotatable bonds is 2. The molecule has 0 spiro atoms. The van der Waals surface area contributed by atoms with Crippen LogP contribution in [-0.2, 0) is 4.74 Å². The van der Waals surface area contributed by atoms with Gasteiger partial charge in [-0.1, -0.05) is 0 Å². The van der Waals surface area contributed by atoms with Gasteiger partial charge in [0.2, 0.25) is 0 Å². The van der Waals surface area contributed by atoms with Gasteiger partial charge in [-0.25, -0.2) is 9.78 Å². The molecule has 118 valence electrons. The predicted octanol–water partition coefficient (Wildman–Crippen LogP) is 2.88.